The van der Waals surface area contributed by atoms with E-state index in [4.69, 9.17) is 4.74 Å². The van der Waals surface area contributed by atoms with Gasteiger partial charge in [-0.05, 0) is 6.07 Å². The van der Waals surface area contributed by atoms with Crippen LogP contribution in [0.2, 0.25) is 0 Å². The molecule has 1 fully saturated rings. The van der Waals surface area contributed by atoms with Gasteiger partial charge in [-0.2, -0.15) is 5.10 Å². The molecule has 134 valence electrons. The summed E-state index contributed by atoms with van der Waals surface area (Å²) in [5.41, 5.74) is 1.76. The van der Waals surface area contributed by atoms with Gasteiger partial charge in [-0.15, -0.1) is 0 Å². The molecule has 0 unspecified atom stereocenters. The van der Waals surface area contributed by atoms with Crippen LogP contribution < -0.4 is 4.90 Å². The quantitative estimate of drug-likeness (QED) is 0.688. The van der Waals surface area contributed by atoms with Crippen molar-refractivity contribution in [3.05, 3.63) is 48.3 Å². The number of amides is 1. The molecule has 0 aromatic carbocycles. The van der Waals surface area contributed by atoms with Crippen LogP contribution in [0.4, 0.5) is 5.82 Å². The van der Waals surface area contributed by atoms with Crippen molar-refractivity contribution in [3.8, 4) is 0 Å². The fraction of sp³-hybridized carbons (Fsp3) is 0.353. The minimum atomic E-state index is -0.325. The molecule has 1 aliphatic heterocycles. The number of aromatic nitrogens is 5. The maximum atomic E-state index is 13.0. The summed E-state index contributed by atoms with van der Waals surface area (Å²) in [6, 6.07) is 1.77. The normalized spacial score (nSPS) is 17.5. The molecule has 1 aliphatic rings. The van der Waals surface area contributed by atoms with Gasteiger partial charge in [-0.1, -0.05) is 0 Å². The Labute approximate surface area is 150 Å². The summed E-state index contributed by atoms with van der Waals surface area (Å²) in [5, 5.41) is 4.20. The molecule has 26 heavy (non-hydrogen) atoms. The number of carbonyl (C=O) groups is 1. The molecule has 0 spiro atoms. The molecule has 9 heteroatoms. The second kappa shape index (κ2) is 6.68. The van der Waals surface area contributed by atoms with E-state index in [1.54, 1.807) is 46.5 Å². The SMILES string of the molecule is CN(C)c1nccnc1[C@H]1CN(C(=O)c2cnn3cccnc23)CCO1. The van der Waals surface area contributed by atoms with E-state index in [0.29, 0.717) is 30.9 Å². The highest BCUT2D eigenvalue weighted by Gasteiger charge is 2.30. The first kappa shape index (κ1) is 16.4. The van der Waals surface area contributed by atoms with Crippen LogP contribution in [0.5, 0.6) is 0 Å². The number of anilines is 1. The average Bonchev–Trinajstić information content (AvgIpc) is 3.11. The second-order valence-electron chi connectivity index (χ2n) is 6.22. The number of hydrogen-bond donors (Lipinski definition) is 0. The van der Waals surface area contributed by atoms with Gasteiger partial charge < -0.3 is 14.5 Å². The molecule has 0 N–H and O–H groups in total. The Morgan fingerprint density at radius 1 is 1.23 bits per heavy atom. The van der Waals surface area contributed by atoms with Crippen molar-refractivity contribution in [3.63, 3.8) is 0 Å². The van der Waals surface area contributed by atoms with Crippen molar-refractivity contribution in [1.29, 1.82) is 0 Å². The molecular formula is C17H19N7O2. The number of carbonyl (C=O) groups excluding carboxylic acids is 1. The van der Waals surface area contributed by atoms with Crippen molar-refractivity contribution in [2.24, 2.45) is 0 Å². The van der Waals surface area contributed by atoms with Crippen LogP contribution in [0.15, 0.2) is 37.1 Å². The molecule has 1 atom stereocenters. The molecule has 3 aromatic rings. The predicted molar refractivity (Wildman–Crippen MR) is 93.9 cm³/mol. The number of nitrogens with zero attached hydrogens (tertiary/aromatic N) is 7. The molecule has 1 amide bonds. The van der Waals surface area contributed by atoms with Crippen molar-refractivity contribution in [2.75, 3.05) is 38.7 Å². The summed E-state index contributed by atoms with van der Waals surface area (Å²) in [5.74, 6) is 0.631. The topological polar surface area (TPSA) is 88.8 Å². The Bertz CT molecular complexity index is 940. The van der Waals surface area contributed by atoms with Crippen molar-refractivity contribution < 1.29 is 9.53 Å². The highest BCUT2D eigenvalue weighted by atomic mass is 16.5. The van der Waals surface area contributed by atoms with Gasteiger partial charge >= 0.3 is 0 Å². The lowest BCUT2D eigenvalue weighted by molar-refractivity contribution is -0.0245. The molecule has 4 heterocycles. The third-order valence-electron chi connectivity index (χ3n) is 4.30. The summed E-state index contributed by atoms with van der Waals surface area (Å²) in [6.45, 7) is 1.35. The molecule has 0 saturated carbocycles. The van der Waals surface area contributed by atoms with Crippen LogP contribution in [-0.4, -0.2) is 69.2 Å². The minimum Gasteiger partial charge on any atom is -0.368 e. The first-order valence-corrected chi connectivity index (χ1v) is 8.32. The lowest BCUT2D eigenvalue weighted by Crippen LogP contribution is -2.42. The highest BCUT2D eigenvalue weighted by Crippen LogP contribution is 2.27. The van der Waals surface area contributed by atoms with Gasteiger partial charge in [-0.25, -0.2) is 14.5 Å². The van der Waals surface area contributed by atoms with Crippen LogP contribution >= 0.6 is 0 Å². The number of morpholine rings is 1. The zero-order chi connectivity index (χ0) is 18.1. The van der Waals surface area contributed by atoms with E-state index in [0.717, 1.165) is 11.5 Å². The highest BCUT2D eigenvalue weighted by molar-refractivity contribution is 5.99. The standard InChI is InChI=1S/C17H19N7O2/c1-22(2)16-14(18-5-6-20-16)13-11-23(8-9-26-13)17(25)12-10-21-24-7-3-4-19-15(12)24/h3-7,10,13H,8-9,11H2,1-2H3/t13-/m1/s1. The van der Waals surface area contributed by atoms with E-state index in [-0.39, 0.29) is 12.0 Å². The van der Waals surface area contributed by atoms with E-state index in [1.165, 1.54) is 0 Å². The molecule has 3 aromatic heterocycles. The summed E-state index contributed by atoms with van der Waals surface area (Å²) < 4.78 is 7.48. The number of ether oxygens (including phenoxy) is 1. The van der Waals surface area contributed by atoms with E-state index < -0.39 is 0 Å². The minimum absolute atomic E-state index is 0.109. The maximum Gasteiger partial charge on any atom is 0.259 e. The van der Waals surface area contributed by atoms with Gasteiger partial charge in [0, 0.05) is 45.4 Å². The number of rotatable bonds is 3. The summed E-state index contributed by atoms with van der Waals surface area (Å²) in [6.07, 6.45) is 7.94. The van der Waals surface area contributed by atoms with Gasteiger partial charge in [0.25, 0.3) is 5.91 Å². The largest absolute Gasteiger partial charge is 0.368 e. The lowest BCUT2D eigenvalue weighted by atomic mass is 10.1. The Balaban J connectivity index is 1.60. The van der Waals surface area contributed by atoms with E-state index >= 15 is 0 Å². The van der Waals surface area contributed by atoms with Crippen LogP contribution in [-0.2, 0) is 4.74 Å². The molecule has 0 bridgehead atoms. The van der Waals surface area contributed by atoms with E-state index in [9.17, 15) is 4.79 Å². The molecule has 0 radical (unpaired) electrons. The number of hydrogen-bond acceptors (Lipinski definition) is 7. The summed E-state index contributed by atoms with van der Waals surface area (Å²) in [4.78, 5) is 29.7. The fourth-order valence-corrected chi connectivity index (χ4v) is 3.06. The predicted octanol–water partition coefficient (Wildman–Crippen LogP) is 0.799. The molecule has 0 aliphatic carbocycles. The molecule has 4 rings (SSSR count). The van der Waals surface area contributed by atoms with Crippen LogP contribution in [0, 0.1) is 0 Å². The third-order valence-corrected chi connectivity index (χ3v) is 4.30. The van der Waals surface area contributed by atoms with Gasteiger partial charge in [0.15, 0.2) is 11.5 Å². The Morgan fingerprint density at radius 3 is 2.92 bits per heavy atom. The summed E-state index contributed by atoms with van der Waals surface area (Å²) in [7, 11) is 3.81. The van der Waals surface area contributed by atoms with Crippen LogP contribution in [0.3, 0.4) is 0 Å². The molecular weight excluding hydrogens is 334 g/mol. The number of fused-ring (bicyclic) bond motifs is 1. The van der Waals surface area contributed by atoms with Gasteiger partial charge in [0.05, 0.1) is 19.3 Å². The monoisotopic (exact) mass is 353 g/mol. The molecule has 9 nitrogen and oxygen atoms in total. The zero-order valence-corrected chi connectivity index (χ0v) is 14.6. The first-order valence-electron chi connectivity index (χ1n) is 8.32. The van der Waals surface area contributed by atoms with Crippen molar-refractivity contribution in [2.45, 2.75) is 6.10 Å². The fourth-order valence-electron chi connectivity index (χ4n) is 3.06. The second-order valence-corrected chi connectivity index (χ2v) is 6.22. The van der Waals surface area contributed by atoms with Crippen molar-refractivity contribution >= 4 is 17.4 Å². The zero-order valence-electron chi connectivity index (χ0n) is 14.6. The first-order chi connectivity index (χ1) is 12.6. The van der Waals surface area contributed by atoms with Crippen molar-refractivity contribution in [1.82, 2.24) is 29.5 Å². The third kappa shape index (κ3) is 2.86. The van der Waals surface area contributed by atoms with Gasteiger partial charge in [0.1, 0.15) is 17.4 Å². The smallest absolute Gasteiger partial charge is 0.259 e. The van der Waals surface area contributed by atoms with E-state index in [2.05, 4.69) is 20.1 Å². The van der Waals surface area contributed by atoms with Crippen LogP contribution in [0.25, 0.3) is 5.65 Å². The average molecular weight is 353 g/mol. The Morgan fingerprint density at radius 2 is 2.08 bits per heavy atom. The Hall–Kier alpha value is -3.07. The van der Waals surface area contributed by atoms with Crippen LogP contribution in [0.1, 0.15) is 22.2 Å². The van der Waals surface area contributed by atoms with Gasteiger partial charge in [0.2, 0.25) is 0 Å². The lowest BCUT2D eigenvalue weighted by Gasteiger charge is -2.33. The Kier molecular flexibility index (Phi) is 4.21. The van der Waals surface area contributed by atoms with E-state index in [1.807, 2.05) is 19.0 Å². The van der Waals surface area contributed by atoms with Gasteiger partial charge in [-0.3, -0.25) is 9.78 Å². The maximum absolute atomic E-state index is 13.0. The summed E-state index contributed by atoms with van der Waals surface area (Å²) >= 11 is 0. The molecule has 1 saturated heterocycles.